The Hall–Kier alpha value is -2.91. The number of hydrogen-bond acceptors (Lipinski definition) is 2. The number of imidazole rings is 1. The molecule has 25 heavy (non-hydrogen) atoms. The van der Waals surface area contributed by atoms with Crippen LogP contribution >= 0.6 is 0 Å². The minimum absolute atomic E-state index is 0.0713. The van der Waals surface area contributed by atoms with Crippen LogP contribution in [0.2, 0.25) is 0 Å². The van der Waals surface area contributed by atoms with Crippen LogP contribution in [0.15, 0.2) is 84.9 Å². The van der Waals surface area contributed by atoms with Gasteiger partial charge in [0.1, 0.15) is 11.9 Å². The summed E-state index contributed by atoms with van der Waals surface area (Å²) in [5.74, 6) is 0.670. The third kappa shape index (κ3) is 2.83. The smallest absolute Gasteiger partial charge is 0.144 e. The molecule has 1 aromatic heterocycles. The fourth-order valence-corrected chi connectivity index (χ4v) is 3.33. The number of benzene rings is 3. The number of aromatic nitrogens is 2. The van der Waals surface area contributed by atoms with Crippen LogP contribution < -0.4 is 0 Å². The van der Waals surface area contributed by atoms with E-state index in [1.165, 1.54) is 5.56 Å². The predicted octanol–water partition coefficient (Wildman–Crippen LogP) is 4.73. The molecule has 0 fully saturated rings. The van der Waals surface area contributed by atoms with Gasteiger partial charge in [-0.25, -0.2) is 4.98 Å². The van der Waals surface area contributed by atoms with Crippen molar-refractivity contribution in [1.29, 1.82) is 0 Å². The second-order valence-corrected chi connectivity index (χ2v) is 6.23. The van der Waals surface area contributed by atoms with Crippen molar-refractivity contribution < 1.29 is 5.11 Å². The first-order valence-corrected chi connectivity index (χ1v) is 8.50. The predicted molar refractivity (Wildman–Crippen MR) is 100 cm³/mol. The number of aliphatic hydroxyl groups is 1. The maximum absolute atomic E-state index is 11.0. The van der Waals surface area contributed by atoms with E-state index in [2.05, 4.69) is 29.7 Å². The molecule has 0 saturated carbocycles. The summed E-state index contributed by atoms with van der Waals surface area (Å²) in [6.07, 6.45) is -0.764. The molecule has 0 spiro atoms. The Kier molecular flexibility index (Phi) is 4.08. The van der Waals surface area contributed by atoms with Crippen molar-refractivity contribution in [3.8, 4) is 0 Å². The van der Waals surface area contributed by atoms with Crippen LogP contribution in [0, 0.1) is 0 Å². The molecule has 3 aromatic carbocycles. The lowest BCUT2D eigenvalue weighted by Crippen LogP contribution is -2.14. The topological polar surface area (TPSA) is 38.0 Å². The van der Waals surface area contributed by atoms with E-state index in [-0.39, 0.29) is 6.04 Å². The minimum Gasteiger partial charge on any atom is -0.380 e. The fourth-order valence-electron chi connectivity index (χ4n) is 3.33. The van der Waals surface area contributed by atoms with E-state index < -0.39 is 6.10 Å². The van der Waals surface area contributed by atoms with E-state index in [9.17, 15) is 5.11 Å². The number of aliphatic hydroxyl groups excluding tert-OH is 1. The molecule has 0 saturated heterocycles. The molecule has 2 atom stereocenters. The largest absolute Gasteiger partial charge is 0.380 e. The normalized spacial score (nSPS) is 13.7. The Morgan fingerprint density at radius 3 is 2.00 bits per heavy atom. The van der Waals surface area contributed by atoms with E-state index in [1.807, 2.05) is 66.7 Å². The molecule has 0 unspecified atom stereocenters. The summed E-state index contributed by atoms with van der Waals surface area (Å²) in [6.45, 7) is 2.14. The first-order valence-electron chi connectivity index (χ1n) is 8.50. The average Bonchev–Trinajstić information content (AvgIpc) is 3.07. The molecule has 3 heteroatoms. The highest BCUT2D eigenvalue weighted by atomic mass is 16.3. The van der Waals surface area contributed by atoms with Crippen LogP contribution in [0.3, 0.4) is 0 Å². The Bertz CT molecular complexity index is 977. The van der Waals surface area contributed by atoms with Gasteiger partial charge in [-0.05, 0) is 30.2 Å². The third-order valence-electron chi connectivity index (χ3n) is 4.65. The molecule has 124 valence electrons. The van der Waals surface area contributed by atoms with Crippen LogP contribution in [0.25, 0.3) is 11.0 Å². The molecule has 4 rings (SSSR count). The summed E-state index contributed by atoms with van der Waals surface area (Å²) in [4.78, 5) is 4.75. The second-order valence-electron chi connectivity index (χ2n) is 6.23. The summed E-state index contributed by atoms with van der Waals surface area (Å²) in [5, 5.41) is 11.0. The van der Waals surface area contributed by atoms with Crippen LogP contribution in [0.4, 0.5) is 0 Å². The number of hydrogen-bond donors (Lipinski definition) is 1. The molecule has 3 nitrogen and oxygen atoms in total. The van der Waals surface area contributed by atoms with Crippen molar-refractivity contribution >= 4 is 11.0 Å². The van der Waals surface area contributed by atoms with E-state index in [0.717, 1.165) is 16.6 Å². The lowest BCUT2D eigenvalue weighted by molar-refractivity contribution is 0.204. The van der Waals surface area contributed by atoms with E-state index >= 15 is 0 Å². The average molecular weight is 328 g/mol. The van der Waals surface area contributed by atoms with Gasteiger partial charge in [-0.15, -0.1) is 0 Å². The van der Waals surface area contributed by atoms with Crippen LogP contribution in [-0.4, -0.2) is 14.7 Å². The van der Waals surface area contributed by atoms with Gasteiger partial charge in [0.15, 0.2) is 0 Å². The molecule has 4 aromatic rings. The summed E-state index contributed by atoms with van der Waals surface area (Å²) >= 11 is 0. The zero-order valence-electron chi connectivity index (χ0n) is 14.1. The van der Waals surface area contributed by atoms with Gasteiger partial charge in [0.05, 0.1) is 17.1 Å². The van der Waals surface area contributed by atoms with Gasteiger partial charge in [0.2, 0.25) is 0 Å². The van der Waals surface area contributed by atoms with Gasteiger partial charge in [-0.3, -0.25) is 0 Å². The van der Waals surface area contributed by atoms with Gasteiger partial charge in [0.25, 0.3) is 0 Å². The van der Waals surface area contributed by atoms with Crippen LogP contribution in [0.1, 0.15) is 36.0 Å². The van der Waals surface area contributed by atoms with E-state index in [1.54, 1.807) is 0 Å². The molecule has 0 aliphatic heterocycles. The van der Waals surface area contributed by atoms with E-state index in [0.29, 0.717) is 5.82 Å². The zero-order valence-corrected chi connectivity index (χ0v) is 14.1. The molecule has 0 bridgehead atoms. The van der Waals surface area contributed by atoms with Crippen molar-refractivity contribution in [2.75, 3.05) is 0 Å². The highest BCUT2D eigenvalue weighted by Crippen LogP contribution is 2.31. The molecule has 1 N–H and O–H groups in total. The fraction of sp³-hybridized carbons (Fsp3) is 0.136. The third-order valence-corrected chi connectivity index (χ3v) is 4.65. The van der Waals surface area contributed by atoms with Crippen molar-refractivity contribution in [2.24, 2.45) is 0 Å². The quantitative estimate of drug-likeness (QED) is 0.588. The maximum Gasteiger partial charge on any atom is 0.144 e. The second kappa shape index (κ2) is 6.54. The molecule has 0 amide bonds. The Morgan fingerprint density at radius 1 is 0.760 bits per heavy atom. The van der Waals surface area contributed by atoms with Gasteiger partial charge in [-0.1, -0.05) is 72.8 Å². The summed E-state index contributed by atoms with van der Waals surface area (Å²) in [5.41, 5.74) is 3.96. The number of nitrogens with zero attached hydrogens (tertiary/aromatic N) is 2. The minimum atomic E-state index is -0.764. The van der Waals surface area contributed by atoms with Crippen LogP contribution in [0.5, 0.6) is 0 Å². The summed E-state index contributed by atoms with van der Waals surface area (Å²) in [6, 6.07) is 28.1. The summed E-state index contributed by atoms with van der Waals surface area (Å²) in [7, 11) is 0. The molecule has 0 radical (unpaired) electrons. The highest BCUT2D eigenvalue weighted by molar-refractivity contribution is 5.76. The first-order chi connectivity index (χ1) is 12.3. The van der Waals surface area contributed by atoms with Gasteiger partial charge in [-0.2, -0.15) is 0 Å². The number of rotatable bonds is 4. The molecular weight excluding hydrogens is 308 g/mol. The van der Waals surface area contributed by atoms with Crippen molar-refractivity contribution in [2.45, 2.75) is 19.1 Å². The summed E-state index contributed by atoms with van der Waals surface area (Å²) < 4.78 is 2.14. The SMILES string of the molecule is C[C@H](c1ccccc1)n1c([C@@H](O)c2ccccc2)nc2ccccc21. The molecule has 1 heterocycles. The van der Waals surface area contributed by atoms with Crippen molar-refractivity contribution in [3.05, 3.63) is 102 Å². The zero-order chi connectivity index (χ0) is 17.2. The Morgan fingerprint density at radius 2 is 1.32 bits per heavy atom. The van der Waals surface area contributed by atoms with Gasteiger partial charge >= 0.3 is 0 Å². The van der Waals surface area contributed by atoms with Crippen molar-refractivity contribution in [3.63, 3.8) is 0 Å². The number of fused-ring (bicyclic) bond motifs is 1. The lowest BCUT2D eigenvalue weighted by Gasteiger charge is -2.21. The monoisotopic (exact) mass is 328 g/mol. The lowest BCUT2D eigenvalue weighted by atomic mass is 10.1. The first kappa shape index (κ1) is 15.6. The van der Waals surface area contributed by atoms with Gasteiger partial charge in [0, 0.05) is 0 Å². The van der Waals surface area contributed by atoms with Crippen molar-refractivity contribution in [1.82, 2.24) is 9.55 Å². The molecule has 0 aliphatic carbocycles. The Labute approximate surface area is 147 Å². The highest BCUT2D eigenvalue weighted by Gasteiger charge is 2.23. The Balaban J connectivity index is 1.90. The maximum atomic E-state index is 11.0. The molecule has 0 aliphatic rings. The number of para-hydroxylation sites is 2. The van der Waals surface area contributed by atoms with Crippen LogP contribution in [-0.2, 0) is 0 Å². The molecular formula is C22H20N2O. The standard InChI is InChI=1S/C22H20N2O/c1-16(17-10-4-2-5-11-17)24-20-15-9-8-14-19(20)23-22(24)21(25)18-12-6-3-7-13-18/h2-16,21,25H,1H3/t16-,21+/m1/s1. The van der Waals surface area contributed by atoms with E-state index in [4.69, 9.17) is 4.98 Å². The van der Waals surface area contributed by atoms with Gasteiger partial charge < -0.3 is 9.67 Å².